The Kier molecular flexibility index (Phi) is 6.17. The molecule has 1 saturated heterocycles. The second-order valence-corrected chi connectivity index (χ2v) is 4.02. The molecule has 0 radical (unpaired) electrons. The van der Waals surface area contributed by atoms with Crippen LogP contribution in [0.4, 0.5) is 0 Å². The van der Waals surface area contributed by atoms with Crippen LogP contribution in [0.5, 0.6) is 0 Å². The van der Waals surface area contributed by atoms with Gasteiger partial charge in [0.05, 0.1) is 18.2 Å². The molecule has 15 heavy (non-hydrogen) atoms. The fourth-order valence-electron chi connectivity index (χ4n) is 1.77. The average molecular weight is 237 g/mol. The molecule has 1 aliphatic heterocycles. The quantitative estimate of drug-likeness (QED) is 0.771. The molecule has 0 bridgehead atoms. The third-order valence-electron chi connectivity index (χ3n) is 2.49. The molecule has 2 N–H and O–H groups in total. The van der Waals surface area contributed by atoms with Gasteiger partial charge >= 0.3 is 0 Å². The lowest BCUT2D eigenvalue weighted by atomic mass is 10.1. The van der Waals surface area contributed by atoms with Crippen LogP contribution in [-0.2, 0) is 9.53 Å². The summed E-state index contributed by atoms with van der Waals surface area (Å²) in [6, 6.07) is -0.354. The number of nitrogens with zero attached hydrogens (tertiary/aromatic N) is 1. The van der Waals surface area contributed by atoms with Crippen molar-refractivity contribution in [3.8, 4) is 0 Å². The van der Waals surface area contributed by atoms with Crippen molar-refractivity contribution in [1.29, 1.82) is 0 Å². The lowest BCUT2D eigenvalue weighted by Gasteiger charge is -2.36. The van der Waals surface area contributed by atoms with E-state index < -0.39 is 0 Å². The Morgan fingerprint density at radius 2 is 1.93 bits per heavy atom. The summed E-state index contributed by atoms with van der Waals surface area (Å²) in [5.74, 6) is 0.0505. The second kappa shape index (κ2) is 6.30. The zero-order valence-corrected chi connectivity index (χ0v) is 10.4. The standard InChI is InChI=1S/C10H20N2O2.ClH/c1-4-9(11)10(13)12-5-7(2)14-8(3)6-12;/h7-9H,4-6,11H2,1-3H3;1H. The Balaban J connectivity index is 0.00000196. The van der Waals surface area contributed by atoms with Gasteiger partial charge in [-0.15, -0.1) is 12.4 Å². The molecular formula is C10H21ClN2O2. The Bertz CT molecular complexity index is 204. The summed E-state index contributed by atoms with van der Waals surface area (Å²) in [5.41, 5.74) is 5.71. The van der Waals surface area contributed by atoms with E-state index in [4.69, 9.17) is 10.5 Å². The molecule has 1 fully saturated rings. The molecule has 0 aliphatic carbocycles. The summed E-state index contributed by atoms with van der Waals surface area (Å²) in [6.45, 7) is 7.21. The molecule has 0 spiro atoms. The number of halogens is 1. The highest BCUT2D eigenvalue weighted by molar-refractivity contribution is 5.85. The molecule has 0 aromatic carbocycles. The molecule has 0 aromatic rings. The Morgan fingerprint density at radius 3 is 2.33 bits per heavy atom. The third kappa shape index (κ3) is 3.97. The number of carbonyl (C=O) groups is 1. The van der Waals surface area contributed by atoms with E-state index in [-0.39, 0.29) is 36.6 Å². The van der Waals surface area contributed by atoms with Gasteiger partial charge in [-0.25, -0.2) is 0 Å². The van der Waals surface area contributed by atoms with E-state index in [9.17, 15) is 4.79 Å². The predicted octanol–water partition coefficient (Wildman–Crippen LogP) is 0.781. The number of nitrogens with two attached hydrogens (primary N) is 1. The SMILES string of the molecule is CCC(N)C(=O)N1CC(C)OC(C)C1.Cl. The van der Waals surface area contributed by atoms with E-state index in [1.165, 1.54) is 0 Å². The number of carbonyl (C=O) groups excluding carboxylic acids is 1. The lowest BCUT2D eigenvalue weighted by molar-refractivity contribution is -0.144. The molecule has 4 nitrogen and oxygen atoms in total. The van der Waals surface area contributed by atoms with E-state index in [1.807, 2.05) is 25.7 Å². The van der Waals surface area contributed by atoms with Gasteiger partial charge in [-0.05, 0) is 20.3 Å². The summed E-state index contributed by atoms with van der Waals surface area (Å²) in [7, 11) is 0. The van der Waals surface area contributed by atoms with Gasteiger partial charge < -0.3 is 15.4 Å². The van der Waals surface area contributed by atoms with Crippen molar-refractivity contribution in [3.05, 3.63) is 0 Å². The number of morpholine rings is 1. The molecule has 0 saturated carbocycles. The van der Waals surface area contributed by atoms with Crippen LogP contribution in [-0.4, -0.2) is 42.1 Å². The molecule has 3 atom stereocenters. The molecule has 1 heterocycles. The predicted molar refractivity (Wildman–Crippen MR) is 62.1 cm³/mol. The molecule has 1 aliphatic rings. The molecule has 1 amide bonds. The van der Waals surface area contributed by atoms with Crippen molar-refractivity contribution in [3.63, 3.8) is 0 Å². The third-order valence-corrected chi connectivity index (χ3v) is 2.49. The van der Waals surface area contributed by atoms with E-state index in [0.717, 1.165) is 0 Å². The van der Waals surface area contributed by atoms with Gasteiger partial charge in [-0.3, -0.25) is 4.79 Å². The van der Waals surface area contributed by atoms with Crippen molar-refractivity contribution in [2.75, 3.05) is 13.1 Å². The zero-order valence-electron chi connectivity index (χ0n) is 9.60. The minimum atomic E-state index is -0.354. The first kappa shape index (κ1) is 14.7. The van der Waals surface area contributed by atoms with Crippen molar-refractivity contribution >= 4 is 18.3 Å². The van der Waals surface area contributed by atoms with E-state index >= 15 is 0 Å². The highest BCUT2D eigenvalue weighted by atomic mass is 35.5. The highest BCUT2D eigenvalue weighted by Crippen LogP contribution is 2.11. The largest absolute Gasteiger partial charge is 0.372 e. The van der Waals surface area contributed by atoms with Crippen LogP contribution < -0.4 is 5.73 Å². The maximum atomic E-state index is 11.8. The van der Waals surface area contributed by atoms with Crippen molar-refractivity contribution in [2.24, 2.45) is 5.73 Å². The summed E-state index contributed by atoms with van der Waals surface area (Å²) in [4.78, 5) is 13.6. The van der Waals surface area contributed by atoms with E-state index in [0.29, 0.717) is 19.5 Å². The summed E-state index contributed by atoms with van der Waals surface area (Å²) < 4.78 is 5.55. The average Bonchev–Trinajstić information content (AvgIpc) is 2.14. The van der Waals surface area contributed by atoms with Crippen LogP contribution in [0.1, 0.15) is 27.2 Å². The van der Waals surface area contributed by atoms with E-state index in [1.54, 1.807) is 0 Å². The van der Waals surface area contributed by atoms with Gasteiger partial charge in [0.25, 0.3) is 0 Å². The summed E-state index contributed by atoms with van der Waals surface area (Å²) in [5, 5.41) is 0. The van der Waals surface area contributed by atoms with Gasteiger partial charge in [0.2, 0.25) is 5.91 Å². The van der Waals surface area contributed by atoms with Gasteiger partial charge in [0, 0.05) is 13.1 Å². The van der Waals surface area contributed by atoms with Crippen molar-refractivity contribution < 1.29 is 9.53 Å². The molecule has 90 valence electrons. The Hall–Kier alpha value is -0.320. The molecule has 3 unspecified atom stereocenters. The lowest BCUT2D eigenvalue weighted by Crippen LogP contribution is -2.53. The van der Waals surface area contributed by atoms with Crippen molar-refractivity contribution in [1.82, 2.24) is 4.90 Å². The van der Waals surface area contributed by atoms with Gasteiger partial charge in [0.15, 0.2) is 0 Å². The number of hydrogen-bond acceptors (Lipinski definition) is 3. The fourth-order valence-corrected chi connectivity index (χ4v) is 1.77. The van der Waals surface area contributed by atoms with Crippen LogP contribution in [0.2, 0.25) is 0 Å². The molecule has 1 rings (SSSR count). The van der Waals surface area contributed by atoms with Gasteiger partial charge in [-0.1, -0.05) is 6.92 Å². The topological polar surface area (TPSA) is 55.6 Å². The second-order valence-electron chi connectivity index (χ2n) is 4.02. The number of amides is 1. The van der Waals surface area contributed by atoms with Gasteiger partial charge in [-0.2, -0.15) is 0 Å². The van der Waals surface area contributed by atoms with Crippen LogP contribution in [0.15, 0.2) is 0 Å². The van der Waals surface area contributed by atoms with Crippen LogP contribution in [0.25, 0.3) is 0 Å². The summed E-state index contributed by atoms with van der Waals surface area (Å²) in [6.07, 6.45) is 0.928. The maximum Gasteiger partial charge on any atom is 0.239 e. The number of rotatable bonds is 2. The van der Waals surface area contributed by atoms with Crippen LogP contribution >= 0.6 is 12.4 Å². The number of ether oxygens (including phenoxy) is 1. The number of hydrogen-bond donors (Lipinski definition) is 1. The van der Waals surface area contributed by atoms with Crippen molar-refractivity contribution in [2.45, 2.75) is 45.4 Å². The first-order valence-corrected chi connectivity index (χ1v) is 5.24. The Morgan fingerprint density at radius 1 is 1.47 bits per heavy atom. The molecule has 0 aromatic heterocycles. The monoisotopic (exact) mass is 236 g/mol. The summed E-state index contributed by atoms with van der Waals surface area (Å²) >= 11 is 0. The zero-order chi connectivity index (χ0) is 10.7. The first-order valence-electron chi connectivity index (χ1n) is 5.24. The molecular weight excluding hydrogens is 216 g/mol. The Labute approximate surface area is 97.5 Å². The van der Waals surface area contributed by atoms with E-state index in [2.05, 4.69) is 0 Å². The smallest absolute Gasteiger partial charge is 0.239 e. The first-order chi connectivity index (χ1) is 6.54. The molecule has 5 heteroatoms. The fraction of sp³-hybridized carbons (Fsp3) is 0.900. The minimum absolute atomic E-state index is 0. The van der Waals surface area contributed by atoms with Crippen LogP contribution in [0.3, 0.4) is 0 Å². The van der Waals surface area contributed by atoms with Crippen LogP contribution in [0, 0.1) is 0 Å². The maximum absolute atomic E-state index is 11.8. The van der Waals surface area contributed by atoms with Gasteiger partial charge in [0.1, 0.15) is 0 Å². The highest BCUT2D eigenvalue weighted by Gasteiger charge is 2.27. The normalized spacial score (nSPS) is 28.1. The minimum Gasteiger partial charge on any atom is -0.372 e.